The number of hydrogen-bond acceptors (Lipinski definition) is 7. The van der Waals surface area contributed by atoms with E-state index in [0.29, 0.717) is 18.9 Å². The van der Waals surface area contributed by atoms with Gasteiger partial charge in [0.2, 0.25) is 5.89 Å². The Balaban J connectivity index is 1.61. The highest BCUT2D eigenvalue weighted by molar-refractivity contribution is 5.32. The summed E-state index contributed by atoms with van der Waals surface area (Å²) >= 11 is 0. The van der Waals surface area contributed by atoms with Crippen molar-refractivity contribution >= 4 is 5.82 Å². The molecule has 0 saturated heterocycles. The molecular weight excluding hydrogens is 320 g/mol. The van der Waals surface area contributed by atoms with Gasteiger partial charge >= 0.3 is 0 Å². The number of pyridine rings is 1. The first-order valence-electron chi connectivity index (χ1n) is 8.82. The van der Waals surface area contributed by atoms with Crippen molar-refractivity contribution in [3.63, 3.8) is 0 Å². The van der Waals surface area contributed by atoms with Gasteiger partial charge in [-0.2, -0.15) is 4.98 Å². The fraction of sp³-hybridized carbons (Fsp3) is 0.611. The molecule has 25 heavy (non-hydrogen) atoms. The van der Waals surface area contributed by atoms with Crippen LogP contribution in [0.15, 0.2) is 28.9 Å². The predicted octanol–water partition coefficient (Wildman–Crippen LogP) is 3.74. The maximum absolute atomic E-state index is 8.46. The van der Waals surface area contributed by atoms with Gasteiger partial charge in [-0.1, -0.05) is 31.5 Å². The van der Waals surface area contributed by atoms with Gasteiger partial charge in [-0.25, -0.2) is 9.87 Å². The van der Waals surface area contributed by atoms with Crippen molar-refractivity contribution in [1.29, 1.82) is 0 Å². The molecule has 0 bridgehead atoms. The summed E-state index contributed by atoms with van der Waals surface area (Å²) < 4.78 is 5.33. The molecule has 0 amide bonds. The van der Waals surface area contributed by atoms with Crippen LogP contribution in [-0.2, 0) is 17.7 Å². The lowest BCUT2D eigenvalue weighted by atomic mass is 9.86. The Bertz CT molecular complexity index is 601. The molecule has 0 radical (unpaired) electrons. The molecule has 0 unspecified atom stereocenters. The molecule has 0 aliphatic carbocycles. The fourth-order valence-corrected chi connectivity index (χ4v) is 2.55. The Hall–Kier alpha value is -1.99. The van der Waals surface area contributed by atoms with Gasteiger partial charge in [0.05, 0.1) is 6.61 Å². The molecule has 7 heteroatoms. The molecule has 138 valence electrons. The molecule has 0 aliphatic rings. The number of nitrogens with zero attached hydrogens (tertiary/aromatic N) is 3. The first kappa shape index (κ1) is 19.3. The Morgan fingerprint density at radius 1 is 1.24 bits per heavy atom. The molecular formula is C18H28N4O3. The summed E-state index contributed by atoms with van der Waals surface area (Å²) in [6.45, 7) is 5.39. The summed E-state index contributed by atoms with van der Waals surface area (Å²) in [4.78, 5) is 12.9. The minimum Gasteiger partial charge on any atom is -0.370 e. The standard InChI is InChI=1S/C18H28N4O3/c1-18(2,10-13-24-23)14-17-21-16(22-25-17)9-4-3-6-11-19-15-8-5-7-12-20-15/h5,7-8,12,23H,3-4,6,9-11,13-14H2,1-2H3,(H,19,20). The number of aryl methyl sites for hydroxylation is 1. The van der Waals surface area contributed by atoms with Crippen molar-refractivity contribution in [1.82, 2.24) is 15.1 Å². The summed E-state index contributed by atoms with van der Waals surface area (Å²) in [5, 5.41) is 15.8. The first-order valence-corrected chi connectivity index (χ1v) is 8.82. The van der Waals surface area contributed by atoms with Gasteiger partial charge < -0.3 is 9.84 Å². The second kappa shape index (κ2) is 10.1. The van der Waals surface area contributed by atoms with Crippen molar-refractivity contribution in [2.24, 2.45) is 5.41 Å². The number of rotatable bonds is 12. The molecule has 2 aromatic heterocycles. The van der Waals surface area contributed by atoms with Crippen LogP contribution in [0.5, 0.6) is 0 Å². The summed E-state index contributed by atoms with van der Waals surface area (Å²) in [6.07, 6.45) is 7.23. The van der Waals surface area contributed by atoms with E-state index in [4.69, 9.17) is 9.78 Å². The third kappa shape index (κ3) is 7.62. The van der Waals surface area contributed by atoms with Crippen molar-refractivity contribution in [2.45, 2.75) is 52.4 Å². The van der Waals surface area contributed by atoms with E-state index in [0.717, 1.165) is 50.3 Å². The van der Waals surface area contributed by atoms with E-state index < -0.39 is 0 Å². The number of hydrogen-bond donors (Lipinski definition) is 2. The molecule has 0 spiro atoms. The van der Waals surface area contributed by atoms with E-state index >= 15 is 0 Å². The third-order valence-corrected chi connectivity index (χ3v) is 4.06. The molecule has 2 N–H and O–H groups in total. The second-order valence-corrected chi connectivity index (χ2v) is 6.98. The van der Waals surface area contributed by atoms with Gasteiger partial charge in [0.1, 0.15) is 5.82 Å². The van der Waals surface area contributed by atoms with Crippen molar-refractivity contribution in [2.75, 3.05) is 18.5 Å². The number of unbranched alkanes of at least 4 members (excludes halogenated alkanes) is 2. The number of nitrogens with one attached hydrogen (secondary N) is 1. The average Bonchev–Trinajstić information content (AvgIpc) is 3.03. The van der Waals surface area contributed by atoms with E-state index in [9.17, 15) is 0 Å². The van der Waals surface area contributed by atoms with Gasteiger partial charge in [-0.3, -0.25) is 5.26 Å². The first-order chi connectivity index (χ1) is 12.1. The highest BCUT2D eigenvalue weighted by atomic mass is 17.1. The highest BCUT2D eigenvalue weighted by Crippen LogP contribution is 2.25. The van der Waals surface area contributed by atoms with E-state index in [1.54, 1.807) is 6.20 Å². The molecule has 0 fully saturated rings. The van der Waals surface area contributed by atoms with Crippen LogP contribution in [0.3, 0.4) is 0 Å². The van der Waals surface area contributed by atoms with E-state index in [1.165, 1.54) is 0 Å². The predicted molar refractivity (Wildman–Crippen MR) is 95.3 cm³/mol. The van der Waals surface area contributed by atoms with Crippen molar-refractivity contribution in [3.05, 3.63) is 36.1 Å². The van der Waals surface area contributed by atoms with Crippen LogP contribution < -0.4 is 5.32 Å². The molecule has 0 aromatic carbocycles. The second-order valence-electron chi connectivity index (χ2n) is 6.98. The zero-order chi connectivity index (χ0) is 18.0. The van der Waals surface area contributed by atoms with Gasteiger partial charge in [-0.05, 0) is 36.8 Å². The maximum Gasteiger partial charge on any atom is 0.227 e. The minimum absolute atomic E-state index is 0.0519. The highest BCUT2D eigenvalue weighted by Gasteiger charge is 2.22. The zero-order valence-corrected chi connectivity index (χ0v) is 15.1. The fourth-order valence-electron chi connectivity index (χ4n) is 2.55. The zero-order valence-electron chi connectivity index (χ0n) is 15.1. The van der Waals surface area contributed by atoms with Crippen LogP contribution in [0.25, 0.3) is 0 Å². The molecule has 0 atom stereocenters. The third-order valence-electron chi connectivity index (χ3n) is 4.06. The summed E-state index contributed by atoms with van der Waals surface area (Å²) in [6, 6.07) is 5.85. The van der Waals surface area contributed by atoms with E-state index in [-0.39, 0.29) is 5.41 Å². The Morgan fingerprint density at radius 2 is 2.12 bits per heavy atom. The van der Waals surface area contributed by atoms with Crippen LogP contribution in [0.1, 0.15) is 51.2 Å². The quantitative estimate of drug-likeness (QED) is 0.343. The number of aromatic nitrogens is 3. The molecule has 2 heterocycles. The Labute approximate surface area is 148 Å². The minimum atomic E-state index is -0.0519. The lowest BCUT2D eigenvalue weighted by Crippen LogP contribution is -2.17. The smallest absolute Gasteiger partial charge is 0.227 e. The summed E-state index contributed by atoms with van der Waals surface area (Å²) in [7, 11) is 0. The normalized spacial score (nSPS) is 11.6. The molecule has 2 rings (SSSR count). The van der Waals surface area contributed by atoms with Crippen molar-refractivity contribution < 1.29 is 14.7 Å². The number of anilines is 1. The maximum atomic E-state index is 8.46. The largest absolute Gasteiger partial charge is 0.370 e. The Morgan fingerprint density at radius 3 is 2.88 bits per heavy atom. The van der Waals surface area contributed by atoms with Gasteiger partial charge in [-0.15, -0.1) is 0 Å². The Kier molecular flexibility index (Phi) is 7.81. The van der Waals surface area contributed by atoms with Gasteiger partial charge in [0.25, 0.3) is 0 Å². The van der Waals surface area contributed by atoms with Crippen LogP contribution in [-0.4, -0.2) is 33.5 Å². The van der Waals surface area contributed by atoms with E-state index in [1.807, 2.05) is 18.2 Å². The molecule has 7 nitrogen and oxygen atoms in total. The lowest BCUT2D eigenvalue weighted by molar-refractivity contribution is -0.246. The topological polar surface area (TPSA) is 93.3 Å². The molecule has 0 saturated carbocycles. The van der Waals surface area contributed by atoms with Crippen molar-refractivity contribution in [3.8, 4) is 0 Å². The van der Waals surface area contributed by atoms with Crippen LogP contribution in [0, 0.1) is 5.41 Å². The SMILES string of the molecule is CC(C)(CCOO)Cc1nc(CCCCCNc2ccccn2)no1. The monoisotopic (exact) mass is 348 g/mol. The van der Waals surface area contributed by atoms with E-state index in [2.05, 4.69) is 39.2 Å². The lowest BCUT2D eigenvalue weighted by Gasteiger charge is -2.21. The summed E-state index contributed by atoms with van der Waals surface area (Å²) in [5.74, 6) is 2.33. The van der Waals surface area contributed by atoms with Crippen LogP contribution >= 0.6 is 0 Å². The average molecular weight is 348 g/mol. The van der Waals surface area contributed by atoms with Crippen LogP contribution in [0.4, 0.5) is 5.82 Å². The van der Waals surface area contributed by atoms with Crippen LogP contribution in [0.2, 0.25) is 0 Å². The van der Waals surface area contributed by atoms with Gasteiger partial charge in [0.15, 0.2) is 5.82 Å². The molecule has 2 aromatic rings. The molecule has 0 aliphatic heterocycles. The summed E-state index contributed by atoms with van der Waals surface area (Å²) in [5.41, 5.74) is -0.0519. The van der Waals surface area contributed by atoms with Gasteiger partial charge in [0, 0.05) is 25.6 Å².